The molecule has 1 fully saturated rings. The first-order chi connectivity index (χ1) is 11.2. The number of carbonyl (C=O) groups is 1. The molecule has 0 saturated carbocycles. The van der Waals surface area contributed by atoms with Crippen LogP contribution < -0.4 is 17.2 Å². The Labute approximate surface area is 138 Å². The maximum Gasteiger partial charge on any atom is 0.351 e. The van der Waals surface area contributed by atoms with Gasteiger partial charge in [-0.15, -0.1) is 0 Å². The number of aromatic nitrogens is 2. The number of anilines is 1. The van der Waals surface area contributed by atoms with Gasteiger partial charge in [-0.3, -0.25) is 9.36 Å². The molecule has 2 rings (SSSR count). The summed E-state index contributed by atoms with van der Waals surface area (Å²) in [6.07, 6.45) is -1.46. The monoisotopic (exact) mass is 338 g/mol. The van der Waals surface area contributed by atoms with Crippen LogP contribution in [0.1, 0.15) is 20.1 Å². The molecule has 0 bridgehead atoms. The molecule has 1 aromatic heterocycles. The molecule has 0 aromatic carbocycles. The molecular formula is C15H22N4O5. The summed E-state index contributed by atoms with van der Waals surface area (Å²) >= 11 is 0. The Morgan fingerprint density at radius 1 is 1.58 bits per heavy atom. The molecule has 9 nitrogen and oxygen atoms in total. The van der Waals surface area contributed by atoms with Gasteiger partial charge in [-0.1, -0.05) is 20.4 Å². The average molecular weight is 338 g/mol. The Kier molecular flexibility index (Phi) is 5.37. The first-order valence-electron chi connectivity index (χ1n) is 7.51. The topological polar surface area (TPSA) is 143 Å². The molecule has 4 atom stereocenters. The molecule has 1 saturated heterocycles. The zero-order valence-corrected chi connectivity index (χ0v) is 13.6. The van der Waals surface area contributed by atoms with Gasteiger partial charge in [0, 0.05) is 11.8 Å². The SMILES string of the molecule is C=C1C(O)[C@@H](COC(=O)C(N)C(C)C)O[C@H]1n1ccc(N)nc1=O. The second-order valence-electron chi connectivity index (χ2n) is 5.99. The van der Waals surface area contributed by atoms with Gasteiger partial charge < -0.3 is 26.0 Å². The molecule has 5 N–H and O–H groups in total. The summed E-state index contributed by atoms with van der Waals surface area (Å²) in [6, 6.07) is 0.672. The Morgan fingerprint density at radius 2 is 2.25 bits per heavy atom. The molecule has 1 aliphatic rings. The highest BCUT2D eigenvalue weighted by Gasteiger charge is 2.40. The van der Waals surface area contributed by atoms with Crippen LogP contribution >= 0.6 is 0 Å². The van der Waals surface area contributed by atoms with E-state index in [1.807, 2.05) is 0 Å². The summed E-state index contributed by atoms with van der Waals surface area (Å²) in [4.78, 5) is 27.3. The van der Waals surface area contributed by atoms with Crippen molar-refractivity contribution in [2.24, 2.45) is 11.7 Å². The fraction of sp³-hybridized carbons (Fsp3) is 0.533. The number of hydrogen-bond acceptors (Lipinski definition) is 8. The zero-order chi connectivity index (χ0) is 18.0. The van der Waals surface area contributed by atoms with E-state index >= 15 is 0 Å². The van der Waals surface area contributed by atoms with Crippen LogP contribution in [-0.2, 0) is 14.3 Å². The number of rotatable bonds is 5. The summed E-state index contributed by atoms with van der Waals surface area (Å²) in [6.45, 7) is 7.13. The molecular weight excluding hydrogens is 316 g/mol. The van der Waals surface area contributed by atoms with Gasteiger partial charge in [0.1, 0.15) is 30.7 Å². The van der Waals surface area contributed by atoms with Crippen LogP contribution in [0.25, 0.3) is 0 Å². The van der Waals surface area contributed by atoms with Crippen molar-refractivity contribution in [1.29, 1.82) is 0 Å². The Bertz CT molecular complexity index is 687. The minimum Gasteiger partial charge on any atom is -0.462 e. The lowest BCUT2D eigenvalue weighted by molar-refractivity contribution is -0.152. The fourth-order valence-electron chi connectivity index (χ4n) is 2.22. The molecule has 1 aliphatic heterocycles. The molecule has 132 valence electrons. The van der Waals surface area contributed by atoms with E-state index < -0.39 is 36.1 Å². The lowest BCUT2D eigenvalue weighted by Gasteiger charge is -2.18. The second kappa shape index (κ2) is 7.12. The summed E-state index contributed by atoms with van der Waals surface area (Å²) in [5, 5.41) is 10.2. The number of nitrogen functional groups attached to an aromatic ring is 1. The molecule has 2 unspecified atom stereocenters. The number of nitrogens with zero attached hydrogens (tertiary/aromatic N) is 2. The number of nitrogens with two attached hydrogens (primary N) is 2. The van der Waals surface area contributed by atoms with E-state index in [0.29, 0.717) is 0 Å². The van der Waals surface area contributed by atoms with Crippen LogP contribution in [0.4, 0.5) is 5.82 Å². The van der Waals surface area contributed by atoms with E-state index in [1.165, 1.54) is 12.3 Å². The van der Waals surface area contributed by atoms with Crippen LogP contribution in [0.5, 0.6) is 0 Å². The van der Waals surface area contributed by atoms with E-state index in [1.54, 1.807) is 13.8 Å². The molecule has 0 amide bonds. The largest absolute Gasteiger partial charge is 0.462 e. The first kappa shape index (κ1) is 18.1. The van der Waals surface area contributed by atoms with Gasteiger partial charge in [0.05, 0.1) is 0 Å². The number of esters is 1. The summed E-state index contributed by atoms with van der Waals surface area (Å²) in [5.41, 5.74) is 10.8. The summed E-state index contributed by atoms with van der Waals surface area (Å²) in [7, 11) is 0. The van der Waals surface area contributed by atoms with E-state index in [0.717, 1.165) is 4.57 Å². The van der Waals surface area contributed by atoms with Gasteiger partial charge in [-0.05, 0) is 12.0 Å². The highest BCUT2D eigenvalue weighted by atomic mass is 16.6. The van der Waals surface area contributed by atoms with E-state index in [-0.39, 0.29) is 23.9 Å². The van der Waals surface area contributed by atoms with Crippen molar-refractivity contribution in [3.05, 3.63) is 34.9 Å². The first-order valence-corrected chi connectivity index (χ1v) is 7.51. The van der Waals surface area contributed by atoms with Gasteiger partial charge >= 0.3 is 11.7 Å². The predicted molar refractivity (Wildman–Crippen MR) is 85.7 cm³/mol. The lowest BCUT2D eigenvalue weighted by Crippen LogP contribution is -2.39. The fourth-order valence-corrected chi connectivity index (χ4v) is 2.22. The van der Waals surface area contributed by atoms with Gasteiger partial charge in [0.15, 0.2) is 6.23 Å². The van der Waals surface area contributed by atoms with Crippen molar-refractivity contribution >= 4 is 11.8 Å². The molecule has 1 aromatic rings. The summed E-state index contributed by atoms with van der Waals surface area (Å²) < 4.78 is 11.8. The van der Waals surface area contributed by atoms with E-state index in [9.17, 15) is 14.7 Å². The maximum absolute atomic E-state index is 11.9. The third-order valence-electron chi connectivity index (χ3n) is 3.84. The molecule has 0 spiro atoms. The second-order valence-corrected chi connectivity index (χ2v) is 5.99. The Balaban J connectivity index is 2.06. The van der Waals surface area contributed by atoms with Gasteiger partial charge in [0.25, 0.3) is 0 Å². The highest BCUT2D eigenvalue weighted by Crippen LogP contribution is 2.32. The lowest BCUT2D eigenvalue weighted by atomic mass is 10.1. The van der Waals surface area contributed by atoms with Gasteiger partial charge in [0.2, 0.25) is 0 Å². The van der Waals surface area contributed by atoms with Crippen LogP contribution in [0.3, 0.4) is 0 Å². The van der Waals surface area contributed by atoms with E-state index in [2.05, 4.69) is 11.6 Å². The van der Waals surface area contributed by atoms with Crippen molar-refractivity contribution in [2.45, 2.75) is 38.3 Å². The van der Waals surface area contributed by atoms with Crippen LogP contribution in [0.2, 0.25) is 0 Å². The predicted octanol–water partition coefficient (Wildman–Crippen LogP) is -0.833. The van der Waals surface area contributed by atoms with Crippen molar-refractivity contribution in [3.63, 3.8) is 0 Å². The standard InChI is InChI=1S/C15H22N4O5/c1-7(2)11(17)14(21)23-6-9-12(20)8(3)13(24-9)19-5-4-10(16)18-15(19)22/h4-5,7,9,11-13,20H,3,6,17H2,1-2H3,(H2,16,18,22)/t9-,11?,12?,13-/m1/s1. The Morgan fingerprint density at radius 3 is 2.83 bits per heavy atom. The van der Waals surface area contributed by atoms with Crippen LogP contribution in [0.15, 0.2) is 29.2 Å². The van der Waals surface area contributed by atoms with Gasteiger partial charge in [-0.25, -0.2) is 4.79 Å². The minimum atomic E-state index is -1.09. The van der Waals surface area contributed by atoms with Crippen molar-refractivity contribution < 1.29 is 19.4 Å². The van der Waals surface area contributed by atoms with E-state index in [4.69, 9.17) is 20.9 Å². The van der Waals surface area contributed by atoms with Crippen LogP contribution in [0, 0.1) is 5.92 Å². The zero-order valence-electron chi connectivity index (χ0n) is 13.6. The normalized spacial score (nSPS) is 25.0. The molecule has 0 aliphatic carbocycles. The molecule has 2 heterocycles. The Hall–Kier alpha value is -2.23. The smallest absolute Gasteiger partial charge is 0.351 e. The minimum absolute atomic E-state index is 0.0749. The molecule has 0 radical (unpaired) electrons. The summed E-state index contributed by atoms with van der Waals surface area (Å²) in [5.74, 6) is -0.580. The van der Waals surface area contributed by atoms with Crippen molar-refractivity contribution in [2.75, 3.05) is 12.3 Å². The molecule has 24 heavy (non-hydrogen) atoms. The maximum atomic E-state index is 11.9. The third-order valence-corrected chi connectivity index (χ3v) is 3.84. The number of aliphatic hydroxyl groups excluding tert-OH is 1. The van der Waals surface area contributed by atoms with Crippen LogP contribution in [-0.4, -0.2) is 45.5 Å². The van der Waals surface area contributed by atoms with Crippen molar-refractivity contribution in [1.82, 2.24) is 9.55 Å². The molecule has 9 heteroatoms. The van der Waals surface area contributed by atoms with Gasteiger partial charge in [-0.2, -0.15) is 4.98 Å². The number of carbonyl (C=O) groups excluding carboxylic acids is 1. The number of hydrogen-bond donors (Lipinski definition) is 3. The van der Waals surface area contributed by atoms with Crippen molar-refractivity contribution in [3.8, 4) is 0 Å². The quantitative estimate of drug-likeness (QED) is 0.466. The average Bonchev–Trinajstić information content (AvgIpc) is 2.80. The number of ether oxygens (including phenoxy) is 2. The third kappa shape index (κ3) is 3.64. The number of aliphatic hydroxyl groups is 1. The highest BCUT2D eigenvalue weighted by molar-refractivity contribution is 5.75.